The zero-order valence-corrected chi connectivity index (χ0v) is 33.1. The summed E-state index contributed by atoms with van der Waals surface area (Å²) in [6.07, 6.45) is 40.2. The Bertz CT molecular complexity index is 767. The number of hydrogen-bond acceptors (Lipinski definition) is 7. The van der Waals surface area contributed by atoms with Crippen molar-refractivity contribution < 1.29 is 32.8 Å². The number of nitrogens with two attached hydrogens (primary N) is 1. The average Bonchev–Trinajstić information content (AvgIpc) is 3.09. The van der Waals surface area contributed by atoms with Crippen molar-refractivity contribution in [2.24, 2.45) is 5.73 Å². The van der Waals surface area contributed by atoms with Crippen molar-refractivity contribution in [2.45, 2.75) is 206 Å². The first kappa shape index (κ1) is 48.2. The van der Waals surface area contributed by atoms with Gasteiger partial charge in [0.2, 0.25) is 0 Å². The Morgan fingerprint density at radius 1 is 0.592 bits per heavy atom. The lowest BCUT2D eigenvalue weighted by molar-refractivity contribution is -0.154. The van der Waals surface area contributed by atoms with Crippen LogP contribution >= 0.6 is 7.82 Å². The Morgan fingerprint density at radius 2 is 1.02 bits per heavy atom. The van der Waals surface area contributed by atoms with Gasteiger partial charge in [-0.1, -0.05) is 167 Å². The van der Waals surface area contributed by atoms with Crippen LogP contribution < -0.4 is 5.73 Å². The normalized spacial score (nSPS) is 13.6. The van der Waals surface area contributed by atoms with E-state index in [9.17, 15) is 14.3 Å². The van der Waals surface area contributed by atoms with Crippen molar-refractivity contribution in [1.29, 1.82) is 0 Å². The maximum atomic E-state index is 12.3. The lowest BCUT2D eigenvalue weighted by atomic mass is 10.0. The van der Waals surface area contributed by atoms with Gasteiger partial charge in [0.25, 0.3) is 0 Å². The van der Waals surface area contributed by atoms with Gasteiger partial charge < -0.3 is 20.1 Å². The largest absolute Gasteiger partial charge is 0.472 e. The van der Waals surface area contributed by atoms with Gasteiger partial charge in [-0.25, -0.2) is 4.57 Å². The number of hydrogen-bond donors (Lipinski definition) is 2. The lowest BCUT2D eigenvalue weighted by Gasteiger charge is -2.20. The standard InChI is InChI=1S/C40H80NO7P/c1-3-5-7-9-10-11-12-13-14-15-16-17-18-19-20-21-22-23-24-25-26-27-28-29-30-32-35-45-37-39(38-47-49(43,44)46-36-34-41)48-40(42)33-31-8-6-4-2/h15-16,39H,3-14,17-38,41H2,1-2H3,(H,43,44)/b16-15-. The molecule has 0 aromatic rings. The molecule has 0 heterocycles. The van der Waals surface area contributed by atoms with Crippen molar-refractivity contribution in [3.05, 3.63) is 12.2 Å². The maximum Gasteiger partial charge on any atom is 0.472 e. The molecule has 0 aromatic carbocycles. The molecule has 2 unspecified atom stereocenters. The van der Waals surface area contributed by atoms with Gasteiger partial charge in [-0.15, -0.1) is 0 Å². The molecule has 9 heteroatoms. The van der Waals surface area contributed by atoms with Crippen LogP contribution in [0.3, 0.4) is 0 Å². The number of esters is 1. The van der Waals surface area contributed by atoms with Crippen molar-refractivity contribution in [3.8, 4) is 0 Å². The number of rotatable bonds is 40. The molecule has 0 saturated carbocycles. The maximum absolute atomic E-state index is 12.3. The number of phosphoric ester groups is 1. The molecule has 3 N–H and O–H groups in total. The van der Waals surface area contributed by atoms with Crippen LogP contribution in [0.2, 0.25) is 0 Å². The van der Waals surface area contributed by atoms with E-state index in [-0.39, 0.29) is 32.3 Å². The number of carbonyl (C=O) groups is 1. The van der Waals surface area contributed by atoms with Gasteiger partial charge in [-0.3, -0.25) is 13.8 Å². The van der Waals surface area contributed by atoms with Gasteiger partial charge in [0.1, 0.15) is 6.10 Å². The fraction of sp³-hybridized carbons (Fsp3) is 0.925. The molecule has 8 nitrogen and oxygen atoms in total. The summed E-state index contributed by atoms with van der Waals surface area (Å²) >= 11 is 0. The Kier molecular flexibility index (Phi) is 37.9. The first-order valence-corrected chi connectivity index (χ1v) is 22.2. The fourth-order valence-electron chi connectivity index (χ4n) is 5.87. The average molecular weight is 718 g/mol. The van der Waals surface area contributed by atoms with Crippen LogP contribution in [0.4, 0.5) is 0 Å². The molecular weight excluding hydrogens is 637 g/mol. The topological polar surface area (TPSA) is 117 Å². The van der Waals surface area contributed by atoms with Crippen LogP contribution in [0.1, 0.15) is 200 Å². The zero-order chi connectivity index (χ0) is 35.9. The summed E-state index contributed by atoms with van der Waals surface area (Å²) in [4.78, 5) is 22.0. The van der Waals surface area contributed by atoms with Crippen LogP contribution in [0, 0.1) is 0 Å². The van der Waals surface area contributed by atoms with Crippen LogP contribution in [0.5, 0.6) is 0 Å². The molecule has 0 rings (SSSR count). The van der Waals surface area contributed by atoms with E-state index in [0.29, 0.717) is 13.0 Å². The van der Waals surface area contributed by atoms with Crippen LogP contribution in [0.25, 0.3) is 0 Å². The Labute approximate surface area is 303 Å². The highest BCUT2D eigenvalue weighted by Crippen LogP contribution is 2.43. The van der Waals surface area contributed by atoms with Gasteiger partial charge in [0.15, 0.2) is 0 Å². The van der Waals surface area contributed by atoms with E-state index in [1.807, 2.05) is 0 Å². The molecule has 292 valence electrons. The lowest BCUT2D eigenvalue weighted by Crippen LogP contribution is -2.28. The van der Waals surface area contributed by atoms with Crippen molar-refractivity contribution in [1.82, 2.24) is 0 Å². The molecule has 0 aliphatic rings. The van der Waals surface area contributed by atoms with Gasteiger partial charge in [-0.2, -0.15) is 0 Å². The predicted molar refractivity (Wildman–Crippen MR) is 206 cm³/mol. The minimum Gasteiger partial charge on any atom is -0.457 e. The highest BCUT2D eigenvalue weighted by atomic mass is 31.2. The van der Waals surface area contributed by atoms with Crippen LogP contribution in [-0.4, -0.2) is 49.9 Å². The summed E-state index contributed by atoms with van der Waals surface area (Å²) in [5.41, 5.74) is 5.33. The summed E-state index contributed by atoms with van der Waals surface area (Å²) in [6.45, 7) is 4.82. The highest BCUT2D eigenvalue weighted by Gasteiger charge is 2.25. The molecule has 49 heavy (non-hydrogen) atoms. The van der Waals surface area contributed by atoms with E-state index in [2.05, 4.69) is 26.0 Å². The summed E-state index contributed by atoms with van der Waals surface area (Å²) in [7, 11) is -4.25. The molecular formula is C40H80NO7P. The smallest absolute Gasteiger partial charge is 0.457 e. The molecule has 0 amide bonds. The van der Waals surface area contributed by atoms with Crippen LogP contribution in [0.15, 0.2) is 12.2 Å². The third-order valence-corrected chi connectivity index (χ3v) is 9.92. The molecule has 2 atom stereocenters. The summed E-state index contributed by atoms with van der Waals surface area (Å²) in [5, 5.41) is 0. The molecule has 0 aliphatic carbocycles. The van der Waals surface area contributed by atoms with Gasteiger partial charge in [-0.05, 0) is 38.5 Å². The molecule has 0 radical (unpaired) electrons. The van der Waals surface area contributed by atoms with E-state index in [1.165, 1.54) is 141 Å². The van der Waals surface area contributed by atoms with Crippen molar-refractivity contribution in [3.63, 3.8) is 0 Å². The van der Waals surface area contributed by atoms with Gasteiger partial charge in [0.05, 0.1) is 19.8 Å². The van der Waals surface area contributed by atoms with E-state index in [1.54, 1.807) is 0 Å². The summed E-state index contributed by atoms with van der Waals surface area (Å²) in [6, 6.07) is 0. The zero-order valence-electron chi connectivity index (χ0n) is 32.2. The molecule has 0 aromatic heterocycles. The van der Waals surface area contributed by atoms with E-state index in [0.717, 1.165) is 38.5 Å². The third kappa shape index (κ3) is 38.3. The second-order valence-electron chi connectivity index (χ2n) is 13.9. The Hall–Kier alpha value is -0.760. The number of carbonyl (C=O) groups excluding carboxylic acids is 1. The first-order valence-electron chi connectivity index (χ1n) is 20.7. The minimum atomic E-state index is -4.25. The SMILES string of the molecule is CCCCCCCCCC/C=C\CCCCCCCCCCCCCCCCOCC(COP(=O)(O)OCCN)OC(=O)CCCCCC. The minimum absolute atomic E-state index is 0.0930. The van der Waals surface area contributed by atoms with Gasteiger partial charge in [0, 0.05) is 19.6 Å². The van der Waals surface area contributed by atoms with Crippen LogP contribution in [-0.2, 0) is 27.9 Å². The van der Waals surface area contributed by atoms with Crippen molar-refractivity contribution >= 4 is 13.8 Å². The third-order valence-electron chi connectivity index (χ3n) is 8.93. The number of unbranched alkanes of at least 4 members (excludes halogenated alkanes) is 25. The molecule has 0 spiro atoms. The van der Waals surface area contributed by atoms with E-state index >= 15 is 0 Å². The Morgan fingerprint density at radius 3 is 1.49 bits per heavy atom. The summed E-state index contributed by atoms with van der Waals surface area (Å²) < 4.78 is 33.0. The van der Waals surface area contributed by atoms with E-state index < -0.39 is 13.9 Å². The monoisotopic (exact) mass is 718 g/mol. The molecule has 0 fully saturated rings. The highest BCUT2D eigenvalue weighted by molar-refractivity contribution is 7.47. The Balaban J connectivity index is 3.66. The number of phosphoric acid groups is 1. The second kappa shape index (κ2) is 38.5. The quantitative estimate of drug-likeness (QED) is 0.0278. The molecule has 0 bridgehead atoms. The van der Waals surface area contributed by atoms with Gasteiger partial charge >= 0.3 is 13.8 Å². The van der Waals surface area contributed by atoms with E-state index in [4.69, 9.17) is 24.3 Å². The summed E-state index contributed by atoms with van der Waals surface area (Å²) in [5.74, 6) is -0.345. The molecule has 0 aliphatic heterocycles. The van der Waals surface area contributed by atoms with Crippen molar-refractivity contribution in [2.75, 3.05) is 33.0 Å². The first-order chi connectivity index (χ1) is 23.9. The number of ether oxygens (including phenoxy) is 2. The second-order valence-corrected chi connectivity index (χ2v) is 15.3. The predicted octanol–water partition coefficient (Wildman–Crippen LogP) is 11.9. The fourth-order valence-corrected chi connectivity index (χ4v) is 6.64. The molecule has 0 saturated heterocycles. The number of allylic oxidation sites excluding steroid dienone is 2.